The maximum absolute atomic E-state index is 13.2. The van der Waals surface area contributed by atoms with Crippen LogP contribution in [0, 0.1) is 5.92 Å². The van der Waals surface area contributed by atoms with E-state index in [0.29, 0.717) is 12.3 Å². The standard InChI is InChI=1S/C38H56N2O6/c1-26(2)23-31-24-29(5)16-10-9-13-22-38(7,43)33(46-37-34(39)35(44-8)32(41)25-45-37)19-12-11-15-27(3)17-14-18-28(4)20-21-30(6)40-36(31)42/h9-20,22,24,26,30,32-35,37,41,43H,21,23,25,39H2,1-8H3,(H,40,42)/b10-9-,15-11+,18-14+,19-12+,22-13-,27-17-,28-20-,29-16-,31-24-/t30?,32-,33?,34?,35+,37?,38?/m1/s1. The SMILES string of the molecule is CO[C@@H]1C(N)C(OC2/C=C/C=C/C(C)=C\C=C\C(C)=C/CC(C)NC(=O)\C(CC(C)C)=C/C(C)=C\C=C/C=C\C2(C)O)OC[C@H]1O. The minimum atomic E-state index is -1.44. The topological polar surface area (TPSA) is 123 Å². The van der Waals surface area contributed by atoms with Crippen LogP contribution in [-0.2, 0) is 19.0 Å². The smallest absolute Gasteiger partial charge is 0.247 e. The van der Waals surface area contributed by atoms with Crippen LogP contribution in [0.15, 0.2) is 107 Å². The van der Waals surface area contributed by atoms with Crippen molar-refractivity contribution in [1.29, 1.82) is 0 Å². The normalized spacial score (nSPS) is 39.1. The predicted octanol–water partition coefficient (Wildman–Crippen LogP) is 5.68. The Hall–Kier alpha value is -3.11. The second-order valence-electron chi connectivity index (χ2n) is 12.8. The zero-order valence-electron chi connectivity index (χ0n) is 28.9. The van der Waals surface area contributed by atoms with Crippen LogP contribution in [0.25, 0.3) is 0 Å². The molecule has 46 heavy (non-hydrogen) atoms. The molecule has 0 radical (unpaired) electrons. The second kappa shape index (κ2) is 19.5. The van der Waals surface area contributed by atoms with Crippen molar-refractivity contribution in [2.45, 2.75) is 104 Å². The van der Waals surface area contributed by atoms with Gasteiger partial charge in [0, 0.05) is 18.7 Å². The summed E-state index contributed by atoms with van der Waals surface area (Å²) in [5, 5.41) is 24.9. The van der Waals surface area contributed by atoms with Gasteiger partial charge in [-0.05, 0) is 53.4 Å². The van der Waals surface area contributed by atoms with Crippen LogP contribution in [0.4, 0.5) is 0 Å². The number of aliphatic hydroxyl groups is 2. The highest BCUT2D eigenvalue weighted by Crippen LogP contribution is 2.25. The van der Waals surface area contributed by atoms with Crippen molar-refractivity contribution in [1.82, 2.24) is 5.32 Å². The average Bonchev–Trinajstić information content (AvgIpc) is 2.97. The van der Waals surface area contributed by atoms with Crippen molar-refractivity contribution in [3.63, 3.8) is 0 Å². The molecule has 254 valence electrons. The Labute approximate surface area is 276 Å². The molecule has 7 atom stereocenters. The molecule has 1 amide bonds. The first-order chi connectivity index (χ1) is 21.7. The minimum Gasteiger partial charge on any atom is -0.388 e. The lowest BCUT2D eigenvalue weighted by atomic mass is 9.96. The molecular weight excluding hydrogens is 580 g/mol. The van der Waals surface area contributed by atoms with E-state index in [1.54, 1.807) is 25.2 Å². The Balaban J connectivity index is 2.45. The highest BCUT2D eigenvalue weighted by Gasteiger charge is 2.41. The first-order valence-electron chi connectivity index (χ1n) is 16.1. The fourth-order valence-electron chi connectivity index (χ4n) is 4.96. The summed E-state index contributed by atoms with van der Waals surface area (Å²) >= 11 is 0. The molecular formula is C38H56N2O6. The molecule has 0 spiro atoms. The Morgan fingerprint density at radius 2 is 1.74 bits per heavy atom. The number of aliphatic hydroxyl groups excluding tert-OH is 1. The summed E-state index contributed by atoms with van der Waals surface area (Å²) < 4.78 is 17.3. The molecule has 1 fully saturated rings. The molecule has 2 rings (SSSR count). The van der Waals surface area contributed by atoms with Crippen molar-refractivity contribution in [3.8, 4) is 0 Å². The summed E-state index contributed by atoms with van der Waals surface area (Å²) in [6.07, 6.45) is 24.6. The molecule has 8 heteroatoms. The Morgan fingerprint density at radius 3 is 2.43 bits per heavy atom. The maximum atomic E-state index is 13.2. The summed E-state index contributed by atoms with van der Waals surface area (Å²) in [6, 6.07) is -0.769. The maximum Gasteiger partial charge on any atom is 0.247 e. The van der Waals surface area contributed by atoms with Crippen molar-refractivity contribution in [3.05, 3.63) is 107 Å². The molecule has 0 saturated carbocycles. The summed E-state index contributed by atoms with van der Waals surface area (Å²) in [7, 11) is 1.48. The number of hydrogen-bond acceptors (Lipinski definition) is 7. The van der Waals surface area contributed by atoms with Crippen molar-refractivity contribution in [2.75, 3.05) is 13.7 Å². The van der Waals surface area contributed by atoms with Crippen molar-refractivity contribution >= 4 is 5.91 Å². The molecule has 8 nitrogen and oxygen atoms in total. The van der Waals surface area contributed by atoms with E-state index in [1.807, 2.05) is 88.5 Å². The molecule has 0 aromatic rings. The van der Waals surface area contributed by atoms with E-state index >= 15 is 0 Å². The molecule has 2 aliphatic heterocycles. The van der Waals surface area contributed by atoms with Crippen LogP contribution in [0.1, 0.15) is 61.3 Å². The molecule has 2 heterocycles. The fourth-order valence-corrected chi connectivity index (χ4v) is 4.96. The first-order valence-corrected chi connectivity index (χ1v) is 16.1. The molecule has 1 saturated heterocycles. The highest BCUT2D eigenvalue weighted by atomic mass is 16.7. The quantitative estimate of drug-likeness (QED) is 0.306. The number of ether oxygens (including phenoxy) is 3. The van der Waals surface area contributed by atoms with Gasteiger partial charge in [-0.15, -0.1) is 0 Å². The molecule has 2 aliphatic rings. The summed E-state index contributed by atoms with van der Waals surface area (Å²) in [5.41, 5.74) is 8.68. The van der Waals surface area contributed by atoms with Crippen molar-refractivity contribution in [2.24, 2.45) is 11.7 Å². The Kier molecular flexibility index (Phi) is 16.6. The van der Waals surface area contributed by atoms with Crippen LogP contribution >= 0.6 is 0 Å². The molecule has 5 unspecified atom stereocenters. The van der Waals surface area contributed by atoms with Crippen LogP contribution in [0.3, 0.4) is 0 Å². The first kappa shape index (κ1) is 39.1. The monoisotopic (exact) mass is 636 g/mol. The number of hydrogen-bond donors (Lipinski definition) is 4. The Bertz CT molecular complexity index is 1260. The number of allylic oxidation sites excluding steroid dienone is 14. The molecule has 0 bridgehead atoms. The largest absolute Gasteiger partial charge is 0.388 e. The van der Waals surface area contributed by atoms with Crippen LogP contribution < -0.4 is 11.1 Å². The van der Waals surface area contributed by atoms with Crippen LogP contribution in [0.5, 0.6) is 0 Å². The molecule has 0 aromatic carbocycles. The lowest BCUT2D eigenvalue weighted by Gasteiger charge is -2.40. The second-order valence-corrected chi connectivity index (χ2v) is 12.8. The number of nitrogens with one attached hydrogen (secondary N) is 1. The van der Waals surface area contributed by atoms with Gasteiger partial charge in [-0.2, -0.15) is 0 Å². The van der Waals surface area contributed by atoms with Crippen LogP contribution in [0.2, 0.25) is 0 Å². The van der Waals surface area contributed by atoms with Gasteiger partial charge in [0.05, 0.1) is 12.6 Å². The van der Waals surface area contributed by atoms with Gasteiger partial charge in [0.15, 0.2) is 6.29 Å². The van der Waals surface area contributed by atoms with E-state index < -0.39 is 36.2 Å². The Morgan fingerprint density at radius 1 is 1.04 bits per heavy atom. The predicted molar refractivity (Wildman–Crippen MR) is 187 cm³/mol. The average molecular weight is 637 g/mol. The lowest BCUT2D eigenvalue weighted by molar-refractivity contribution is -0.254. The molecule has 5 N–H and O–H groups in total. The number of amides is 1. The summed E-state index contributed by atoms with van der Waals surface area (Å²) in [5.74, 6) is 0.275. The van der Waals surface area contributed by atoms with Gasteiger partial charge in [0.2, 0.25) is 5.91 Å². The lowest BCUT2D eigenvalue weighted by Crippen LogP contribution is -2.60. The van der Waals surface area contributed by atoms with Gasteiger partial charge < -0.3 is 35.5 Å². The van der Waals surface area contributed by atoms with Crippen molar-refractivity contribution < 1.29 is 29.2 Å². The van der Waals surface area contributed by atoms with E-state index in [2.05, 4.69) is 25.2 Å². The molecule has 0 aliphatic carbocycles. The zero-order valence-corrected chi connectivity index (χ0v) is 28.9. The summed E-state index contributed by atoms with van der Waals surface area (Å²) in [6.45, 7) is 13.9. The van der Waals surface area contributed by atoms with E-state index in [0.717, 1.165) is 28.7 Å². The number of carbonyl (C=O) groups is 1. The fraction of sp³-hybridized carbons (Fsp3) is 0.500. The molecule has 0 aromatic heterocycles. The zero-order chi connectivity index (χ0) is 34.3. The van der Waals surface area contributed by atoms with Gasteiger partial charge in [0.1, 0.15) is 23.9 Å². The van der Waals surface area contributed by atoms with E-state index in [1.165, 1.54) is 7.11 Å². The van der Waals surface area contributed by atoms with Gasteiger partial charge in [0.25, 0.3) is 0 Å². The number of methoxy groups -OCH3 is 1. The van der Waals surface area contributed by atoms with Crippen LogP contribution in [-0.4, -0.2) is 72.1 Å². The third kappa shape index (κ3) is 13.7. The third-order valence-corrected chi connectivity index (χ3v) is 7.61. The van der Waals surface area contributed by atoms with Gasteiger partial charge in [-0.25, -0.2) is 0 Å². The van der Waals surface area contributed by atoms with E-state index in [4.69, 9.17) is 19.9 Å². The summed E-state index contributed by atoms with van der Waals surface area (Å²) in [4.78, 5) is 13.2. The highest BCUT2D eigenvalue weighted by molar-refractivity contribution is 5.94. The number of carbonyl (C=O) groups excluding carboxylic acids is 1. The van der Waals surface area contributed by atoms with E-state index in [9.17, 15) is 15.0 Å². The van der Waals surface area contributed by atoms with Gasteiger partial charge in [-0.1, -0.05) is 116 Å². The van der Waals surface area contributed by atoms with Gasteiger partial charge >= 0.3 is 0 Å². The minimum absolute atomic E-state index is 0.000198. The van der Waals surface area contributed by atoms with E-state index in [-0.39, 0.29) is 18.6 Å². The third-order valence-electron chi connectivity index (χ3n) is 7.61. The number of nitrogens with two attached hydrogens (primary N) is 1. The van der Waals surface area contributed by atoms with Gasteiger partial charge in [-0.3, -0.25) is 4.79 Å². The number of rotatable bonds is 5.